The molecule has 2 rings (SSSR count). The second-order valence-corrected chi connectivity index (χ2v) is 6.22. The van der Waals surface area contributed by atoms with E-state index < -0.39 is 9.84 Å². The molecule has 1 aliphatic heterocycles. The van der Waals surface area contributed by atoms with Gasteiger partial charge in [0.2, 0.25) is 5.95 Å². The van der Waals surface area contributed by atoms with Crippen molar-refractivity contribution in [3.05, 3.63) is 12.4 Å². The fraction of sp³-hybridized carbons (Fsp3) is 0.600. The monoisotopic (exact) mass is 257 g/mol. The molecule has 7 heteroatoms. The van der Waals surface area contributed by atoms with Crippen LogP contribution in [0.2, 0.25) is 0 Å². The molecule has 1 N–H and O–H groups in total. The molecule has 2 heterocycles. The van der Waals surface area contributed by atoms with E-state index in [-0.39, 0.29) is 11.0 Å². The number of aromatic nitrogens is 2. The van der Waals surface area contributed by atoms with Crippen molar-refractivity contribution < 1.29 is 13.5 Å². The second kappa shape index (κ2) is 4.58. The van der Waals surface area contributed by atoms with E-state index in [0.717, 1.165) is 6.26 Å². The van der Waals surface area contributed by atoms with E-state index in [1.54, 1.807) is 0 Å². The third-order valence-electron chi connectivity index (χ3n) is 2.79. The zero-order valence-electron chi connectivity index (χ0n) is 9.57. The predicted octanol–water partition coefficient (Wildman–Crippen LogP) is -0.159. The number of anilines is 1. The van der Waals surface area contributed by atoms with Crippen molar-refractivity contribution in [3.63, 3.8) is 0 Å². The Morgan fingerprint density at radius 2 is 1.82 bits per heavy atom. The Kier molecular flexibility index (Phi) is 3.30. The normalized spacial score (nSPS) is 18.4. The van der Waals surface area contributed by atoms with E-state index in [0.29, 0.717) is 31.9 Å². The van der Waals surface area contributed by atoms with Crippen LogP contribution in [0.25, 0.3) is 0 Å². The van der Waals surface area contributed by atoms with Gasteiger partial charge in [0.25, 0.3) is 0 Å². The topological polar surface area (TPSA) is 83.4 Å². The van der Waals surface area contributed by atoms with Gasteiger partial charge in [-0.15, -0.1) is 0 Å². The molecule has 0 amide bonds. The van der Waals surface area contributed by atoms with Crippen molar-refractivity contribution >= 4 is 15.8 Å². The zero-order valence-corrected chi connectivity index (χ0v) is 10.4. The molecular weight excluding hydrogens is 242 g/mol. The molecule has 0 atom stereocenters. The smallest absolute Gasteiger partial charge is 0.225 e. The van der Waals surface area contributed by atoms with Crippen LogP contribution in [0.1, 0.15) is 12.8 Å². The van der Waals surface area contributed by atoms with Crippen molar-refractivity contribution in [2.45, 2.75) is 23.8 Å². The summed E-state index contributed by atoms with van der Waals surface area (Å²) in [4.78, 5) is 10.2. The highest BCUT2D eigenvalue weighted by Gasteiger charge is 2.19. The molecule has 6 nitrogen and oxygen atoms in total. The van der Waals surface area contributed by atoms with Crippen LogP contribution in [0.5, 0.6) is 0 Å². The molecule has 1 aromatic heterocycles. The number of rotatable bonds is 2. The minimum absolute atomic E-state index is 0.123. The van der Waals surface area contributed by atoms with Crippen LogP contribution in [0.15, 0.2) is 17.3 Å². The summed E-state index contributed by atoms with van der Waals surface area (Å²) in [6.45, 7) is 1.39. The summed E-state index contributed by atoms with van der Waals surface area (Å²) in [6.07, 6.45) is 4.91. The number of sulfone groups is 1. The van der Waals surface area contributed by atoms with Gasteiger partial charge in [-0.25, -0.2) is 18.4 Å². The van der Waals surface area contributed by atoms with E-state index in [2.05, 4.69) is 9.97 Å². The standard InChI is InChI=1S/C10H15N3O3S/c1-17(15,16)9-6-11-10(12-7-9)13-4-2-8(14)3-5-13/h6-8,14H,2-5H2,1H3. The quantitative estimate of drug-likeness (QED) is 0.792. The summed E-state index contributed by atoms with van der Waals surface area (Å²) >= 11 is 0. The third-order valence-corrected chi connectivity index (χ3v) is 3.86. The van der Waals surface area contributed by atoms with E-state index in [9.17, 15) is 13.5 Å². The molecule has 0 spiro atoms. The van der Waals surface area contributed by atoms with Gasteiger partial charge in [-0.3, -0.25) is 0 Å². The average molecular weight is 257 g/mol. The first kappa shape index (κ1) is 12.3. The highest BCUT2D eigenvalue weighted by atomic mass is 32.2. The van der Waals surface area contributed by atoms with Gasteiger partial charge in [-0.1, -0.05) is 0 Å². The van der Waals surface area contributed by atoms with E-state index in [4.69, 9.17) is 0 Å². The Balaban J connectivity index is 2.13. The lowest BCUT2D eigenvalue weighted by molar-refractivity contribution is 0.145. The molecule has 1 saturated heterocycles. The third kappa shape index (κ3) is 2.92. The highest BCUT2D eigenvalue weighted by molar-refractivity contribution is 7.90. The molecule has 17 heavy (non-hydrogen) atoms. The Labute approximate surface area is 100 Å². The van der Waals surface area contributed by atoms with E-state index >= 15 is 0 Å². The largest absolute Gasteiger partial charge is 0.393 e. The number of hydrogen-bond donors (Lipinski definition) is 1. The zero-order chi connectivity index (χ0) is 12.5. The van der Waals surface area contributed by atoms with Crippen LogP contribution < -0.4 is 4.90 Å². The molecule has 1 aromatic rings. The summed E-state index contributed by atoms with van der Waals surface area (Å²) in [6, 6.07) is 0. The van der Waals surface area contributed by atoms with Gasteiger partial charge >= 0.3 is 0 Å². The number of piperidine rings is 1. The van der Waals surface area contributed by atoms with Crippen LogP contribution >= 0.6 is 0 Å². The SMILES string of the molecule is CS(=O)(=O)c1cnc(N2CCC(O)CC2)nc1. The first-order chi connectivity index (χ1) is 7.97. The molecule has 94 valence electrons. The molecular formula is C10H15N3O3S. The van der Waals surface area contributed by atoms with Crippen molar-refractivity contribution in [2.75, 3.05) is 24.2 Å². The maximum atomic E-state index is 11.2. The van der Waals surface area contributed by atoms with Crippen LogP contribution in [0.3, 0.4) is 0 Å². The molecule has 0 aliphatic carbocycles. The van der Waals surface area contributed by atoms with Crippen LogP contribution in [0, 0.1) is 0 Å². The minimum atomic E-state index is -3.24. The highest BCUT2D eigenvalue weighted by Crippen LogP contribution is 2.16. The summed E-state index contributed by atoms with van der Waals surface area (Å²) < 4.78 is 22.5. The molecule has 0 bridgehead atoms. The van der Waals surface area contributed by atoms with Crippen LogP contribution in [-0.4, -0.2) is 48.9 Å². The van der Waals surface area contributed by atoms with Crippen LogP contribution in [0.4, 0.5) is 5.95 Å². The lowest BCUT2D eigenvalue weighted by Crippen LogP contribution is -2.36. The van der Waals surface area contributed by atoms with Gasteiger partial charge in [-0.2, -0.15) is 0 Å². The summed E-state index contributed by atoms with van der Waals surface area (Å²) in [5.41, 5.74) is 0. The molecule has 1 aliphatic rings. The maximum absolute atomic E-state index is 11.2. The maximum Gasteiger partial charge on any atom is 0.225 e. The van der Waals surface area contributed by atoms with Gasteiger partial charge < -0.3 is 10.0 Å². The lowest BCUT2D eigenvalue weighted by atomic mass is 10.1. The van der Waals surface area contributed by atoms with Crippen LogP contribution in [-0.2, 0) is 9.84 Å². The van der Waals surface area contributed by atoms with Crippen molar-refractivity contribution in [1.29, 1.82) is 0 Å². The molecule has 0 unspecified atom stereocenters. The molecule has 0 aromatic carbocycles. The van der Waals surface area contributed by atoms with Crippen molar-refractivity contribution in [1.82, 2.24) is 9.97 Å². The lowest BCUT2D eigenvalue weighted by Gasteiger charge is -2.29. The molecule has 0 saturated carbocycles. The van der Waals surface area contributed by atoms with Gasteiger partial charge in [0, 0.05) is 19.3 Å². The van der Waals surface area contributed by atoms with E-state index in [1.807, 2.05) is 4.90 Å². The van der Waals surface area contributed by atoms with Gasteiger partial charge in [-0.05, 0) is 12.8 Å². The summed E-state index contributed by atoms with van der Waals surface area (Å²) in [5.74, 6) is 0.518. The fourth-order valence-corrected chi connectivity index (χ4v) is 2.22. The minimum Gasteiger partial charge on any atom is -0.393 e. The Bertz CT molecular complexity index is 478. The Hall–Kier alpha value is -1.21. The van der Waals surface area contributed by atoms with Gasteiger partial charge in [0.1, 0.15) is 4.90 Å². The summed E-state index contributed by atoms with van der Waals surface area (Å²) in [5, 5.41) is 9.38. The fourth-order valence-electron chi connectivity index (χ4n) is 1.73. The van der Waals surface area contributed by atoms with Gasteiger partial charge in [0.05, 0.1) is 18.5 Å². The number of aliphatic hydroxyl groups excluding tert-OH is 1. The first-order valence-corrected chi connectivity index (χ1v) is 7.31. The molecule has 0 radical (unpaired) electrons. The van der Waals surface area contributed by atoms with E-state index in [1.165, 1.54) is 12.4 Å². The predicted molar refractivity (Wildman–Crippen MR) is 62.6 cm³/mol. The number of hydrogen-bond acceptors (Lipinski definition) is 6. The first-order valence-electron chi connectivity index (χ1n) is 5.42. The van der Waals surface area contributed by atoms with Crippen molar-refractivity contribution in [3.8, 4) is 0 Å². The second-order valence-electron chi connectivity index (χ2n) is 4.21. The number of aliphatic hydroxyl groups is 1. The molecule has 1 fully saturated rings. The van der Waals surface area contributed by atoms with Gasteiger partial charge in [0.15, 0.2) is 9.84 Å². The summed E-state index contributed by atoms with van der Waals surface area (Å²) in [7, 11) is -3.24. The average Bonchev–Trinajstić information content (AvgIpc) is 2.29. The number of nitrogens with zero attached hydrogens (tertiary/aromatic N) is 3. The Morgan fingerprint density at radius 1 is 1.29 bits per heavy atom. The Morgan fingerprint density at radius 3 is 2.29 bits per heavy atom. The van der Waals surface area contributed by atoms with Crippen molar-refractivity contribution in [2.24, 2.45) is 0 Å².